The van der Waals surface area contributed by atoms with E-state index in [0.717, 1.165) is 8.20 Å². The fraction of sp³-hybridized carbons (Fsp3) is 0.600. The fourth-order valence-corrected chi connectivity index (χ4v) is 3.61. The van der Waals surface area contributed by atoms with Crippen LogP contribution in [-0.2, 0) is 16.2 Å². The predicted molar refractivity (Wildman–Crippen MR) is 99.7 cm³/mol. The van der Waals surface area contributed by atoms with Crippen LogP contribution in [0.25, 0.3) is 0 Å². The Morgan fingerprint density at radius 3 is 1.38 bits per heavy atom. The zero-order valence-corrected chi connectivity index (χ0v) is 16.2. The first-order valence-electron chi connectivity index (χ1n) is 7.71. The normalized spacial score (nSPS) is 13.4. The van der Waals surface area contributed by atoms with Crippen LogP contribution in [0.4, 0.5) is 0 Å². The molecule has 1 aromatic rings. The Morgan fingerprint density at radius 2 is 1.14 bits per heavy atom. The Kier molecular flexibility index (Phi) is 4.99. The Hall–Kier alpha value is -0.830. The van der Waals surface area contributed by atoms with Crippen LogP contribution in [0, 0.1) is 0 Å². The average molecular weight is 302 g/mol. The molecule has 0 unspecified atom stereocenters. The fourth-order valence-electron chi connectivity index (χ4n) is 2.41. The molecule has 0 saturated carbocycles. The molecular weight excluding hydrogens is 271 g/mol. The van der Waals surface area contributed by atoms with E-state index in [4.69, 9.17) is 0 Å². The van der Waals surface area contributed by atoms with Crippen molar-refractivity contribution in [1.82, 2.24) is 0 Å². The van der Waals surface area contributed by atoms with Gasteiger partial charge < -0.3 is 0 Å². The summed E-state index contributed by atoms with van der Waals surface area (Å²) in [6, 6.07) is 4.80. The largest absolute Gasteiger partial charge is 0.0964 e. The van der Waals surface area contributed by atoms with Crippen molar-refractivity contribution in [3.63, 3.8) is 0 Å². The Morgan fingerprint density at radius 1 is 0.762 bits per heavy atom. The van der Waals surface area contributed by atoms with Gasteiger partial charge in [0.15, 0.2) is 0 Å². The van der Waals surface area contributed by atoms with Crippen LogP contribution in [-0.4, -0.2) is 5.45 Å². The van der Waals surface area contributed by atoms with Gasteiger partial charge in [0, 0.05) is 5.30 Å². The van der Waals surface area contributed by atoms with Crippen LogP contribution < -0.4 is 5.30 Å². The summed E-state index contributed by atoms with van der Waals surface area (Å²) in [5.74, 6) is 0. The van der Waals surface area contributed by atoms with Gasteiger partial charge in [0.25, 0.3) is 0 Å². The van der Waals surface area contributed by atoms with Gasteiger partial charge in [-0.05, 0) is 41.1 Å². The molecule has 0 fully saturated rings. The second kappa shape index (κ2) is 5.75. The number of hydrogen-bond donors (Lipinski definition) is 0. The van der Waals surface area contributed by atoms with Crippen molar-refractivity contribution in [2.45, 2.75) is 78.6 Å². The van der Waals surface area contributed by atoms with Crippen molar-refractivity contribution in [3.8, 4) is 0 Å². The topological polar surface area (TPSA) is 0 Å². The summed E-state index contributed by atoms with van der Waals surface area (Å²) in [6.45, 7) is 24.5. The van der Waals surface area contributed by atoms with Gasteiger partial charge in [-0.15, -0.1) is 0 Å². The van der Waals surface area contributed by atoms with Crippen molar-refractivity contribution >= 4 is 19.0 Å². The molecule has 21 heavy (non-hydrogen) atoms. The lowest BCUT2D eigenvalue weighted by atomic mass is 9.75. The van der Waals surface area contributed by atoms with Crippen LogP contribution in [0.3, 0.4) is 0 Å². The molecule has 0 N–H and O–H groups in total. The molecule has 0 nitrogen and oxygen atoms in total. The van der Waals surface area contributed by atoms with Gasteiger partial charge in [-0.2, -0.15) is 0 Å². The lowest BCUT2D eigenvalue weighted by Crippen LogP contribution is -2.29. The van der Waals surface area contributed by atoms with Crippen molar-refractivity contribution in [2.24, 2.45) is 0 Å². The molecule has 0 bridgehead atoms. The molecule has 1 rings (SSSR count). The highest BCUT2D eigenvalue weighted by atomic mass is 31.1. The van der Waals surface area contributed by atoms with Crippen LogP contribution in [0.15, 0.2) is 18.7 Å². The van der Waals surface area contributed by atoms with Gasteiger partial charge in [0.1, 0.15) is 0 Å². The van der Waals surface area contributed by atoms with E-state index in [1.807, 2.05) is 0 Å². The third-order valence-electron chi connectivity index (χ3n) is 3.78. The summed E-state index contributed by atoms with van der Waals surface area (Å²) in [6.07, 6.45) is 0. The molecule has 0 aromatic heterocycles. The Balaban J connectivity index is 3.88. The van der Waals surface area contributed by atoms with E-state index in [1.54, 1.807) is 0 Å². The summed E-state index contributed by atoms with van der Waals surface area (Å²) in [5, 5.41) is 1.39. The Bertz CT molecular complexity index is 530. The van der Waals surface area contributed by atoms with Crippen molar-refractivity contribution in [1.29, 1.82) is 0 Å². The molecule has 1 aromatic carbocycles. The molecule has 0 amide bonds. The quantitative estimate of drug-likeness (QED) is 0.580. The Labute approximate surface area is 133 Å². The molecule has 0 aliphatic rings. The van der Waals surface area contributed by atoms with Crippen LogP contribution in [0.1, 0.15) is 79.0 Å². The first-order valence-corrected chi connectivity index (χ1v) is 8.60. The van der Waals surface area contributed by atoms with E-state index in [0.29, 0.717) is 0 Å². The highest BCUT2D eigenvalue weighted by Gasteiger charge is 2.28. The van der Waals surface area contributed by atoms with Crippen molar-refractivity contribution in [3.05, 3.63) is 35.4 Å². The van der Waals surface area contributed by atoms with Gasteiger partial charge in [0.05, 0.1) is 0 Å². The smallest absolute Gasteiger partial charge is 0.0171 e. The van der Waals surface area contributed by atoms with Crippen molar-refractivity contribution < 1.29 is 0 Å². The number of hydrogen-bond acceptors (Lipinski definition) is 0. The van der Waals surface area contributed by atoms with Gasteiger partial charge >= 0.3 is 0 Å². The average Bonchev–Trinajstić information content (AvgIpc) is 2.24. The molecule has 0 radical (unpaired) electrons. The molecule has 0 heterocycles. The SMILES string of the molecule is C=C=Pc1c(C(C)(C)C)cc(C(C)(C)C)cc1C(C)(C)C. The minimum atomic E-state index is 0.125. The van der Waals surface area contributed by atoms with Crippen LogP contribution in [0.5, 0.6) is 0 Å². The lowest BCUT2D eigenvalue weighted by Gasteiger charge is -2.32. The number of rotatable bonds is 1. The molecular formula is C20H31P. The highest BCUT2D eigenvalue weighted by Crippen LogP contribution is 2.34. The first kappa shape index (κ1) is 18.2. The van der Waals surface area contributed by atoms with Crippen LogP contribution >= 0.6 is 8.20 Å². The predicted octanol–water partition coefficient (Wildman–Crippen LogP) is 5.74. The van der Waals surface area contributed by atoms with E-state index in [9.17, 15) is 0 Å². The van der Waals surface area contributed by atoms with Gasteiger partial charge in [-0.1, -0.05) is 86.5 Å². The monoisotopic (exact) mass is 302 g/mol. The third kappa shape index (κ3) is 4.32. The molecule has 0 spiro atoms. The molecule has 0 aliphatic heterocycles. The van der Waals surface area contributed by atoms with E-state index >= 15 is 0 Å². The molecule has 0 atom stereocenters. The van der Waals surface area contributed by atoms with Crippen LogP contribution in [0.2, 0.25) is 0 Å². The molecule has 0 aliphatic carbocycles. The molecule has 0 saturated heterocycles. The minimum absolute atomic E-state index is 0.125. The van der Waals surface area contributed by atoms with E-state index in [1.165, 1.54) is 22.0 Å². The second-order valence-electron chi connectivity index (χ2n) is 8.94. The minimum Gasteiger partial charge on any atom is -0.0964 e. The number of benzene rings is 1. The van der Waals surface area contributed by atoms with Gasteiger partial charge in [0.2, 0.25) is 0 Å². The lowest BCUT2D eigenvalue weighted by molar-refractivity contribution is 0.554. The van der Waals surface area contributed by atoms with Gasteiger partial charge in [-0.25, -0.2) is 0 Å². The summed E-state index contributed by atoms with van der Waals surface area (Å²) in [4.78, 5) is 0. The molecule has 116 valence electrons. The maximum absolute atomic E-state index is 3.84. The standard InChI is InChI=1S/C20H31P/c1-11-21-17-15(19(5,6)7)12-14(18(2,3)4)13-16(17)20(8,9)10/h12-13H,1H2,2-10H3. The summed E-state index contributed by atoms with van der Waals surface area (Å²) in [5.41, 5.74) is 7.77. The summed E-state index contributed by atoms with van der Waals surface area (Å²) >= 11 is 0. The van der Waals surface area contributed by atoms with E-state index < -0.39 is 0 Å². The highest BCUT2D eigenvalue weighted by molar-refractivity contribution is 7.46. The second-order valence-corrected chi connectivity index (χ2v) is 9.93. The zero-order chi connectivity index (χ0) is 16.6. The van der Waals surface area contributed by atoms with E-state index in [-0.39, 0.29) is 16.2 Å². The first-order chi connectivity index (χ1) is 9.28. The summed E-state index contributed by atoms with van der Waals surface area (Å²) in [7, 11) is 1.10. The van der Waals surface area contributed by atoms with Crippen molar-refractivity contribution in [2.75, 3.05) is 0 Å². The zero-order valence-electron chi connectivity index (χ0n) is 15.3. The van der Waals surface area contributed by atoms with Gasteiger partial charge in [-0.3, -0.25) is 0 Å². The summed E-state index contributed by atoms with van der Waals surface area (Å²) < 4.78 is 0. The maximum atomic E-state index is 3.84. The van der Waals surface area contributed by atoms with E-state index in [2.05, 4.69) is 86.5 Å². The molecule has 1 heteroatoms. The maximum Gasteiger partial charge on any atom is 0.0171 e. The third-order valence-corrected chi connectivity index (χ3v) is 4.65.